The third-order valence-electron chi connectivity index (χ3n) is 3.99. The van der Waals surface area contributed by atoms with Gasteiger partial charge in [-0.05, 0) is 50.3 Å². The van der Waals surface area contributed by atoms with Crippen LogP contribution in [0.4, 0.5) is 0 Å². The molecule has 1 heterocycles. The van der Waals surface area contributed by atoms with Crippen LogP contribution in [0.3, 0.4) is 0 Å². The number of hydrogen-bond acceptors (Lipinski definition) is 3. The molecule has 0 aliphatic heterocycles. The average molecular weight is 289 g/mol. The summed E-state index contributed by atoms with van der Waals surface area (Å²) in [5.41, 5.74) is 1.42. The number of hydrogen-bond donors (Lipinski definition) is 2. The van der Waals surface area contributed by atoms with E-state index < -0.39 is 5.60 Å². The highest BCUT2D eigenvalue weighted by Gasteiger charge is 2.34. The van der Waals surface area contributed by atoms with E-state index in [0.29, 0.717) is 0 Å². The van der Waals surface area contributed by atoms with Crippen molar-refractivity contribution in [3.63, 3.8) is 0 Å². The molecule has 1 aromatic carbocycles. The van der Waals surface area contributed by atoms with Gasteiger partial charge < -0.3 is 10.4 Å². The second-order valence-electron chi connectivity index (χ2n) is 6.21. The molecule has 0 atom stereocenters. The molecule has 0 spiro atoms. The summed E-state index contributed by atoms with van der Waals surface area (Å²) >= 11 is 1.75. The van der Waals surface area contributed by atoms with Crippen molar-refractivity contribution in [1.29, 1.82) is 0 Å². The number of nitrogens with one attached hydrogen (secondary N) is 1. The molecule has 0 aliphatic rings. The van der Waals surface area contributed by atoms with E-state index >= 15 is 0 Å². The van der Waals surface area contributed by atoms with Crippen LogP contribution in [-0.4, -0.2) is 16.2 Å². The quantitative estimate of drug-likeness (QED) is 0.870. The van der Waals surface area contributed by atoms with Crippen LogP contribution < -0.4 is 5.32 Å². The SMILES string of the molecule is CC(C)(O)C(C)(C)NCc1cc(-c2ccccc2)cs1. The summed E-state index contributed by atoms with van der Waals surface area (Å²) in [4.78, 5) is 1.28. The van der Waals surface area contributed by atoms with Crippen molar-refractivity contribution in [3.8, 4) is 11.1 Å². The van der Waals surface area contributed by atoms with Gasteiger partial charge in [0.25, 0.3) is 0 Å². The molecule has 0 unspecified atom stereocenters. The Kier molecular flexibility index (Phi) is 4.33. The number of aliphatic hydroxyl groups is 1. The lowest BCUT2D eigenvalue weighted by Gasteiger charge is -2.38. The average Bonchev–Trinajstić information content (AvgIpc) is 2.85. The summed E-state index contributed by atoms with van der Waals surface area (Å²) in [7, 11) is 0. The van der Waals surface area contributed by atoms with Gasteiger partial charge in [-0.1, -0.05) is 30.3 Å². The Hall–Kier alpha value is -1.16. The van der Waals surface area contributed by atoms with E-state index in [2.05, 4.69) is 41.0 Å². The molecule has 0 amide bonds. The lowest BCUT2D eigenvalue weighted by atomic mass is 9.86. The van der Waals surface area contributed by atoms with E-state index in [1.54, 1.807) is 11.3 Å². The van der Waals surface area contributed by atoms with Crippen molar-refractivity contribution < 1.29 is 5.11 Å². The fraction of sp³-hybridized carbons (Fsp3) is 0.412. The first-order valence-electron chi connectivity index (χ1n) is 6.90. The van der Waals surface area contributed by atoms with Crippen LogP contribution in [0.2, 0.25) is 0 Å². The molecule has 0 bridgehead atoms. The van der Waals surface area contributed by atoms with Gasteiger partial charge in [0.1, 0.15) is 0 Å². The molecule has 3 heteroatoms. The standard InChI is InChI=1S/C17H23NOS/c1-16(2,17(3,4)19)18-11-15-10-14(12-20-15)13-8-6-5-7-9-13/h5-10,12,18-19H,11H2,1-4H3. The Labute approximate surface area is 125 Å². The van der Waals surface area contributed by atoms with Gasteiger partial charge in [-0.25, -0.2) is 0 Å². The summed E-state index contributed by atoms with van der Waals surface area (Å²) in [6, 6.07) is 12.6. The Morgan fingerprint density at radius 3 is 2.30 bits per heavy atom. The van der Waals surface area contributed by atoms with Gasteiger partial charge in [0.15, 0.2) is 0 Å². The van der Waals surface area contributed by atoms with Crippen LogP contribution in [0.5, 0.6) is 0 Å². The maximum atomic E-state index is 10.1. The van der Waals surface area contributed by atoms with Gasteiger partial charge in [-0.15, -0.1) is 11.3 Å². The van der Waals surface area contributed by atoms with E-state index in [1.165, 1.54) is 16.0 Å². The smallest absolute Gasteiger partial charge is 0.0767 e. The van der Waals surface area contributed by atoms with Crippen molar-refractivity contribution in [2.24, 2.45) is 0 Å². The maximum absolute atomic E-state index is 10.1. The van der Waals surface area contributed by atoms with Crippen LogP contribution in [0.25, 0.3) is 11.1 Å². The van der Waals surface area contributed by atoms with Crippen molar-refractivity contribution in [1.82, 2.24) is 5.32 Å². The highest BCUT2D eigenvalue weighted by Crippen LogP contribution is 2.27. The van der Waals surface area contributed by atoms with Crippen molar-refractivity contribution in [2.45, 2.75) is 45.4 Å². The minimum atomic E-state index is -0.757. The van der Waals surface area contributed by atoms with Gasteiger partial charge in [0.2, 0.25) is 0 Å². The molecule has 0 saturated heterocycles. The van der Waals surface area contributed by atoms with E-state index in [0.717, 1.165) is 6.54 Å². The summed E-state index contributed by atoms with van der Waals surface area (Å²) < 4.78 is 0. The molecular formula is C17H23NOS. The molecule has 2 rings (SSSR count). The van der Waals surface area contributed by atoms with Gasteiger partial charge in [0.05, 0.1) is 5.60 Å². The number of benzene rings is 1. The first-order valence-corrected chi connectivity index (χ1v) is 7.78. The molecular weight excluding hydrogens is 266 g/mol. The number of thiophene rings is 1. The zero-order valence-electron chi connectivity index (χ0n) is 12.6. The normalized spacial score (nSPS) is 12.7. The topological polar surface area (TPSA) is 32.3 Å². The number of rotatable bonds is 5. The lowest BCUT2D eigenvalue weighted by Crippen LogP contribution is -2.55. The predicted octanol–water partition coefficient (Wildman–Crippen LogP) is 4.05. The van der Waals surface area contributed by atoms with Gasteiger partial charge in [-0.3, -0.25) is 0 Å². The molecule has 0 radical (unpaired) electrons. The van der Waals surface area contributed by atoms with E-state index in [4.69, 9.17) is 0 Å². The van der Waals surface area contributed by atoms with Crippen LogP contribution >= 0.6 is 11.3 Å². The minimum absolute atomic E-state index is 0.329. The Bertz CT molecular complexity index is 552. The highest BCUT2D eigenvalue weighted by atomic mass is 32.1. The summed E-state index contributed by atoms with van der Waals surface area (Å²) in [5.74, 6) is 0. The van der Waals surface area contributed by atoms with E-state index in [1.807, 2.05) is 33.8 Å². The highest BCUT2D eigenvalue weighted by molar-refractivity contribution is 7.10. The maximum Gasteiger partial charge on any atom is 0.0767 e. The summed E-state index contributed by atoms with van der Waals surface area (Å²) in [6.45, 7) is 8.50. The van der Waals surface area contributed by atoms with Crippen molar-refractivity contribution >= 4 is 11.3 Å². The molecule has 1 aromatic heterocycles. The predicted molar refractivity (Wildman–Crippen MR) is 87.0 cm³/mol. The molecule has 108 valence electrons. The van der Waals surface area contributed by atoms with E-state index in [-0.39, 0.29) is 5.54 Å². The molecule has 20 heavy (non-hydrogen) atoms. The molecule has 2 aromatic rings. The Morgan fingerprint density at radius 2 is 1.70 bits per heavy atom. The molecule has 2 nitrogen and oxygen atoms in total. The third kappa shape index (κ3) is 3.48. The van der Waals surface area contributed by atoms with Gasteiger partial charge >= 0.3 is 0 Å². The van der Waals surface area contributed by atoms with Crippen molar-refractivity contribution in [2.75, 3.05) is 0 Å². The zero-order chi connectivity index (χ0) is 14.8. The van der Waals surface area contributed by atoms with E-state index in [9.17, 15) is 5.11 Å². The van der Waals surface area contributed by atoms with Gasteiger partial charge in [-0.2, -0.15) is 0 Å². The second-order valence-corrected chi connectivity index (χ2v) is 7.20. The fourth-order valence-electron chi connectivity index (χ4n) is 1.78. The molecule has 0 aliphatic carbocycles. The summed E-state index contributed by atoms with van der Waals surface area (Å²) in [6.07, 6.45) is 0. The van der Waals surface area contributed by atoms with Crippen LogP contribution in [-0.2, 0) is 6.54 Å². The van der Waals surface area contributed by atoms with Crippen LogP contribution in [0.15, 0.2) is 41.8 Å². The monoisotopic (exact) mass is 289 g/mol. The lowest BCUT2D eigenvalue weighted by molar-refractivity contribution is -0.00519. The fourth-order valence-corrected chi connectivity index (χ4v) is 2.61. The van der Waals surface area contributed by atoms with Crippen LogP contribution in [0.1, 0.15) is 32.6 Å². The van der Waals surface area contributed by atoms with Crippen molar-refractivity contribution in [3.05, 3.63) is 46.7 Å². The zero-order valence-corrected chi connectivity index (χ0v) is 13.4. The largest absolute Gasteiger partial charge is 0.389 e. The Morgan fingerprint density at radius 1 is 1.05 bits per heavy atom. The Balaban J connectivity index is 2.04. The van der Waals surface area contributed by atoms with Crippen LogP contribution in [0, 0.1) is 0 Å². The first-order chi connectivity index (χ1) is 9.29. The second kappa shape index (κ2) is 5.68. The first kappa shape index (κ1) is 15.2. The third-order valence-corrected chi connectivity index (χ3v) is 4.93. The molecule has 2 N–H and O–H groups in total. The molecule has 0 saturated carbocycles. The minimum Gasteiger partial charge on any atom is -0.389 e. The summed E-state index contributed by atoms with van der Waals surface area (Å²) in [5, 5.41) is 15.8. The van der Waals surface area contributed by atoms with Gasteiger partial charge in [0, 0.05) is 17.0 Å². The molecule has 0 fully saturated rings.